The van der Waals surface area contributed by atoms with Gasteiger partial charge in [-0.15, -0.1) is 0 Å². The molecule has 0 aliphatic rings. The predicted molar refractivity (Wildman–Crippen MR) is 65.7 cm³/mol. The Morgan fingerprint density at radius 1 is 1.20 bits per heavy atom. The Balaban J connectivity index is 3.93. The second-order valence-corrected chi connectivity index (χ2v) is 6.35. The van der Waals surface area contributed by atoms with E-state index in [2.05, 4.69) is 39.5 Å². The molecule has 6 heteroatoms. The van der Waals surface area contributed by atoms with Gasteiger partial charge in [0.15, 0.2) is 0 Å². The summed E-state index contributed by atoms with van der Waals surface area (Å²) in [6, 6.07) is 0. The van der Waals surface area contributed by atoms with E-state index in [1.54, 1.807) is 0 Å². The third-order valence-electron chi connectivity index (χ3n) is 1.59. The molecule has 0 spiro atoms. The van der Waals surface area contributed by atoms with E-state index in [1.807, 2.05) is 0 Å². The fourth-order valence-electron chi connectivity index (χ4n) is 0.721. The fraction of sp³-hybridized carbons (Fsp3) is 0.889. The van der Waals surface area contributed by atoms with E-state index < -0.39 is 19.8 Å². The second-order valence-electron chi connectivity index (χ2n) is 2.98. The third kappa shape index (κ3) is 8.29. The first-order chi connectivity index (χ1) is 7.11. The van der Waals surface area contributed by atoms with Crippen LogP contribution < -0.4 is 0 Å². The summed E-state index contributed by atoms with van der Waals surface area (Å²) in [6.45, 7) is 4.27. The van der Waals surface area contributed by atoms with Crippen LogP contribution in [0.1, 0.15) is 39.5 Å². The Kier molecular flexibility index (Phi) is 9.97. The van der Waals surface area contributed by atoms with Gasteiger partial charge in [0.2, 0.25) is 0 Å². The molecule has 0 bridgehead atoms. The fourth-order valence-corrected chi connectivity index (χ4v) is 3.18. The second kappa shape index (κ2) is 9.67. The van der Waals surface area contributed by atoms with Gasteiger partial charge in [-0.25, -0.2) is 0 Å². The van der Waals surface area contributed by atoms with Crippen LogP contribution >= 0.6 is 25.6 Å². The zero-order chi connectivity index (χ0) is 11.7. The first-order valence-electron chi connectivity index (χ1n) is 5.02. The number of nitrogens with zero attached hydrogens (tertiary/aromatic N) is 1. The maximum atomic E-state index is 11.2. The summed E-state index contributed by atoms with van der Waals surface area (Å²) < 4.78 is 6.18. The molecular weight excluding hydrogens is 277 g/mol. The van der Waals surface area contributed by atoms with Crippen LogP contribution in [0.5, 0.6) is 0 Å². The van der Waals surface area contributed by atoms with Gasteiger partial charge in [-0.2, -0.15) is 0 Å². The van der Waals surface area contributed by atoms with E-state index in [4.69, 9.17) is 3.88 Å². The monoisotopic (exact) mass is 296 g/mol. The van der Waals surface area contributed by atoms with Crippen molar-refractivity contribution in [2.45, 2.75) is 50.3 Å². The van der Waals surface area contributed by atoms with Crippen molar-refractivity contribution in [2.75, 3.05) is 0 Å². The number of amides is 1. The molecule has 0 fully saturated rings. The topological polar surface area (TPSA) is 29.5 Å². The molecule has 15 heavy (non-hydrogen) atoms. The molecule has 0 atom stereocenters. The van der Waals surface area contributed by atoms with Gasteiger partial charge in [0, 0.05) is 0 Å². The number of unbranched alkanes of at least 4 members (excludes halogenated alkanes) is 2. The van der Waals surface area contributed by atoms with Crippen molar-refractivity contribution in [3.8, 4) is 0 Å². The summed E-state index contributed by atoms with van der Waals surface area (Å²) in [5.41, 5.74) is 0. The van der Waals surface area contributed by atoms with Gasteiger partial charge in [0.25, 0.3) is 0 Å². The molecule has 0 aromatic carbocycles. The normalized spacial score (nSPS) is 11.1. The zero-order valence-electron chi connectivity index (χ0n) is 9.22. The average molecular weight is 297 g/mol. The third-order valence-corrected chi connectivity index (χ3v) is 4.18. The Bertz CT molecular complexity index is 173. The number of hydrogen-bond donors (Lipinski definition) is 2. The molecule has 0 rings (SSSR count). The van der Waals surface area contributed by atoms with Gasteiger partial charge < -0.3 is 0 Å². The van der Waals surface area contributed by atoms with Crippen molar-refractivity contribution < 1.29 is 22.4 Å². The predicted octanol–water partition coefficient (Wildman–Crippen LogP) is 4.08. The zero-order valence-corrected chi connectivity index (χ0v) is 12.0. The van der Waals surface area contributed by atoms with Gasteiger partial charge in [-0.05, 0) is 0 Å². The first kappa shape index (κ1) is 15.5. The number of hydrogen-bond acceptors (Lipinski definition) is 4. The van der Waals surface area contributed by atoms with Crippen molar-refractivity contribution in [1.29, 1.82) is 0 Å². The Hall–Kier alpha value is 0.464. The van der Waals surface area contributed by atoms with Gasteiger partial charge in [-0.1, -0.05) is 0 Å². The van der Waals surface area contributed by atoms with E-state index in [9.17, 15) is 4.79 Å². The van der Waals surface area contributed by atoms with Crippen LogP contribution in [0, 0.1) is 0 Å². The van der Waals surface area contributed by atoms with Crippen LogP contribution in [0.25, 0.3) is 0 Å². The average Bonchev–Trinajstić information content (AvgIpc) is 2.21. The van der Waals surface area contributed by atoms with E-state index in [1.165, 1.54) is 0 Å². The molecule has 3 nitrogen and oxygen atoms in total. The van der Waals surface area contributed by atoms with E-state index >= 15 is 0 Å². The van der Waals surface area contributed by atoms with Gasteiger partial charge in [0.05, 0.1) is 0 Å². The quantitative estimate of drug-likeness (QED) is 0.547. The summed E-state index contributed by atoms with van der Waals surface area (Å²) in [7, 11) is 0. The number of rotatable bonds is 7. The van der Waals surface area contributed by atoms with Crippen LogP contribution in [0.2, 0.25) is 10.8 Å². The van der Waals surface area contributed by atoms with E-state index in [0.29, 0.717) is 0 Å². The molecular formula is C9H20NNiO2S2. The van der Waals surface area contributed by atoms with Crippen molar-refractivity contribution in [1.82, 2.24) is 3.71 Å². The van der Waals surface area contributed by atoms with E-state index in [0.717, 1.165) is 40.2 Å². The molecule has 0 aliphatic heterocycles. The Morgan fingerprint density at radius 3 is 2.00 bits per heavy atom. The Labute approximate surface area is 108 Å². The molecule has 0 aromatic heterocycles. The number of carbonyl (C=O) groups is 1. The van der Waals surface area contributed by atoms with Crippen LogP contribution in [0.3, 0.4) is 0 Å². The van der Waals surface area contributed by atoms with Crippen molar-refractivity contribution >= 4 is 31.7 Å². The van der Waals surface area contributed by atoms with E-state index in [-0.39, 0.29) is 0 Å². The molecule has 0 radical (unpaired) electrons. The molecule has 1 amide bonds. The number of thiol groups is 2. The molecule has 95 valence electrons. The summed E-state index contributed by atoms with van der Waals surface area (Å²) in [5.74, 6) is 0. The van der Waals surface area contributed by atoms with Crippen molar-refractivity contribution in [3.63, 3.8) is 0 Å². The van der Waals surface area contributed by atoms with Crippen LogP contribution in [-0.2, 0) is 17.6 Å². The van der Waals surface area contributed by atoms with Crippen LogP contribution in [-0.4, -0.2) is 9.80 Å². The first-order valence-corrected chi connectivity index (χ1v) is 7.62. The van der Waals surface area contributed by atoms with Gasteiger partial charge in [0.1, 0.15) is 0 Å². The number of carbonyl (C=O) groups excluding carboxylic acids is 1. The van der Waals surface area contributed by atoms with Crippen molar-refractivity contribution in [2.24, 2.45) is 0 Å². The van der Waals surface area contributed by atoms with Gasteiger partial charge >= 0.3 is 108 Å². The summed E-state index contributed by atoms with van der Waals surface area (Å²) in [6.07, 6.45) is 3.99. The van der Waals surface area contributed by atoms with Gasteiger partial charge in [-0.3, -0.25) is 0 Å². The molecule has 0 aliphatic carbocycles. The summed E-state index contributed by atoms with van der Waals surface area (Å²) in [5, 5.41) is 1.94. The summed E-state index contributed by atoms with van der Waals surface area (Å²) in [4.78, 5) is 11.2. The summed E-state index contributed by atoms with van der Waals surface area (Å²) >= 11 is 7.16. The molecule has 0 saturated heterocycles. The standard InChI is InChI=1S/2C4H9.CH3NO2S2.Ni/c2*1-3-4-2;3-1(4)2(5)6;/h2*1,3-4H2,2H3;5-6H,(H,3,4);/q;;;+1/p-1. The molecule has 0 heterocycles. The minimum atomic E-state index is -0.469. The van der Waals surface area contributed by atoms with Crippen LogP contribution in [0.4, 0.5) is 4.79 Å². The van der Waals surface area contributed by atoms with Crippen molar-refractivity contribution in [3.05, 3.63) is 0 Å². The minimum absolute atomic E-state index is 0.402. The molecule has 0 unspecified atom stereocenters. The molecule has 0 saturated carbocycles. The molecule has 0 N–H and O–H groups in total. The molecule has 0 aromatic rings. The SMILES string of the molecule is CCC[CH2][Ni]([CH2]CCC)[O]C(=O)N(S)S. The Morgan fingerprint density at radius 2 is 1.67 bits per heavy atom. The van der Waals surface area contributed by atoms with Crippen LogP contribution in [0.15, 0.2) is 0 Å². The maximum absolute atomic E-state index is 11.2.